The van der Waals surface area contributed by atoms with E-state index in [0.717, 1.165) is 37.5 Å². The second kappa shape index (κ2) is 9.00. The van der Waals surface area contributed by atoms with Crippen LogP contribution in [0.2, 0.25) is 0 Å². The molecule has 0 heterocycles. The SMILES string of the molecule is CCCCCC(COS(C)(=O)=O)c1cccc(OC)c1OC. The topological polar surface area (TPSA) is 61.8 Å². The van der Waals surface area contributed by atoms with Crippen molar-refractivity contribution in [2.75, 3.05) is 27.1 Å². The maximum absolute atomic E-state index is 11.3. The number of para-hydroxylation sites is 1. The lowest BCUT2D eigenvalue weighted by Crippen LogP contribution is -2.13. The molecule has 0 saturated heterocycles. The third-order valence-corrected chi connectivity index (χ3v) is 4.08. The van der Waals surface area contributed by atoms with Crippen LogP contribution in [0.15, 0.2) is 18.2 Å². The fourth-order valence-corrected chi connectivity index (χ4v) is 2.82. The number of ether oxygens (including phenoxy) is 2. The zero-order chi connectivity index (χ0) is 16.6. The molecule has 0 aliphatic rings. The van der Waals surface area contributed by atoms with E-state index in [1.165, 1.54) is 0 Å². The van der Waals surface area contributed by atoms with Crippen molar-refractivity contribution in [3.63, 3.8) is 0 Å². The van der Waals surface area contributed by atoms with Crippen LogP contribution in [0.5, 0.6) is 11.5 Å². The molecule has 0 aliphatic heterocycles. The van der Waals surface area contributed by atoms with Crippen LogP contribution in [0.25, 0.3) is 0 Å². The number of unbranched alkanes of at least 4 members (excludes halogenated alkanes) is 2. The number of methoxy groups -OCH3 is 2. The van der Waals surface area contributed by atoms with Crippen LogP contribution < -0.4 is 9.47 Å². The van der Waals surface area contributed by atoms with Crippen molar-refractivity contribution >= 4 is 10.1 Å². The fraction of sp³-hybridized carbons (Fsp3) is 0.625. The van der Waals surface area contributed by atoms with Gasteiger partial charge in [0.2, 0.25) is 0 Å². The molecule has 0 aromatic heterocycles. The van der Waals surface area contributed by atoms with Crippen LogP contribution in [0, 0.1) is 0 Å². The maximum atomic E-state index is 11.3. The van der Waals surface area contributed by atoms with Gasteiger partial charge in [0.15, 0.2) is 11.5 Å². The third kappa shape index (κ3) is 5.85. The predicted molar refractivity (Wildman–Crippen MR) is 87.2 cm³/mol. The summed E-state index contributed by atoms with van der Waals surface area (Å²) in [6.45, 7) is 2.25. The highest BCUT2D eigenvalue weighted by molar-refractivity contribution is 7.85. The molecule has 1 atom stereocenters. The molecule has 0 amide bonds. The third-order valence-electron chi connectivity index (χ3n) is 3.51. The van der Waals surface area contributed by atoms with E-state index in [4.69, 9.17) is 13.7 Å². The zero-order valence-electron chi connectivity index (χ0n) is 13.8. The first-order valence-electron chi connectivity index (χ1n) is 7.48. The molecule has 1 rings (SSSR count). The lowest BCUT2D eigenvalue weighted by Gasteiger charge is -2.21. The minimum Gasteiger partial charge on any atom is -0.493 e. The van der Waals surface area contributed by atoms with Crippen LogP contribution in [-0.4, -0.2) is 35.5 Å². The Labute approximate surface area is 133 Å². The summed E-state index contributed by atoms with van der Waals surface area (Å²) in [5.41, 5.74) is 0.918. The van der Waals surface area contributed by atoms with E-state index in [-0.39, 0.29) is 12.5 Å². The molecular formula is C16H26O5S. The van der Waals surface area contributed by atoms with Crippen molar-refractivity contribution in [1.82, 2.24) is 0 Å². The lowest BCUT2D eigenvalue weighted by atomic mass is 9.93. The van der Waals surface area contributed by atoms with Gasteiger partial charge >= 0.3 is 0 Å². The van der Waals surface area contributed by atoms with E-state index < -0.39 is 10.1 Å². The van der Waals surface area contributed by atoms with Crippen LogP contribution in [0.3, 0.4) is 0 Å². The Kier molecular flexibility index (Phi) is 7.68. The minimum absolute atomic E-state index is 0.0497. The van der Waals surface area contributed by atoms with E-state index in [0.29, 0.717) is 11.5 Å². The van der Waals surface area contributed by atoms with Crippen molar-refractivity contribution in [1.29, 1.82) is 0 Å². The Bertz CT molecular complexity index is 554. The Balaban J connectivity index is 3.03. The molecule has 0 spiro atoms. The van der Waals surface area contributed by atoms with Crippen molar-refractivity contribution in [3.8, 4) is 11.5 Å². The van der Waals surface area contributed by atoms with E-state index >= 15 is 0 Å². The van der Waals surface area contributed by atoms with Gasteiger partial charge in [-0.15, -0.1) is 0 Å². The molecule has 0 aliphatic carbocycles. The molecule has 0 saturated carbocycles. The number of rotatable bonds is 10. The van der Waals surface area contributed by atoms with Gasteiger partial charge in [0.25, 0.3) is 10.1 Å². The van der Waals surface area contributed by atoms with Gasteiger partial charge in [-0.2, -0.15) is 8.42 Å². The summed E-state index contributed by atoms with van der Waals surface area (Å²) < 4.78 is 38.4. The van der Waals surface area contributed by atoms with Gasteiger partial charge in [0.1, 0.15) is 0 Å². The standard InChI is InChI=1S/C16H26O5S/c1-5-6-7-9-13(12-21-22(4,17)18)14-10-8-11-15(19-2)16(14)20-3/h8,10-11,13H,5-7,9,12H2,1-4H3. The molecule has 126 valence electrons. The number of hydrogen-bond acceptors (Lipinski definition) is 5. The van der Waals surface area contributed by atoms with Gasteiger partial charge in [-0.25, -0.2) is 0 Å². The van der Waals surface area contributed by atoms with Crippen LogP contribution in [0.1, 0.15) is 44.1 Å². The molecule has 22 heavy (non-hydrogen) atoms. The van der Waals surface area contributed by atoms with Crippen LogP contribution in [-0.2, 0) is 14.3 Å². The monoisotopic (exact) mass is 330 g/mol. The summed E-state index contributed by atoms with van der Waals surface area (Å²) >= 11 is 0. The van der Waals surface area contributed by atoms with Crippen molar-refractivity contribution in [2.45, 2.75) is 38.5 Å². The van der Waals surface area contributed by atoms with Crippen LogP contribution in [0.4, 0.5) is 0 Å². The highest BCUT2D eigenvalue weighted by Crippen LogP contribution is 2.37. The second-order valence-corrected chi connectivity index (χ2v) is 6.91. The first kappa shape index (κ1) is 18.8. The molecule has 0 fully saturated rings. The Morgan fingerprint density at radius 2 is 1.86 bits per heavy atom. The molecule has 6 heteroatoms. The van der Waals surface area contributed by atoms with Gasteiger partial charge in [-0.1, -0.05) is 38.3 Å². The van der Waals surface area contributed by atoms with Crippen molar-refractivity contribution in [2.24, 2.45) is 0 Å². The lowest BCUT2D eigenvalue weighted by molar-refractivity contribution is 0.278. The minimum atomic E-state index is -3.47. The quantitative estimate of drug-likeness (QED) is 0.486. The average Bonchev–Trinajstić information content (AvgIpc) is 2.48. The van der Waals surface area contributed by atoms with Gasteiger partial charge in [0, 0.05) is 11.5 Å². The molecule has 0 bridgehead atoms. The molecule has 1 aromatic rings. The summed E-state index contributed by atoms with van der Waals surface area (Å²) in [5, 5.41) is 0. The first-order valence-corrected chi connectivity index (χ1v) is 9.29. The summed E-state index contributed by atoms with van der Waals surface area (Å²) in [6, 6.07) is 5.64. The summed E-state index contributed by atoms with van der Waals surface area (Å²) in [5.74, 6) is 1.23. The first-order chi connectivity index (χ1) is 10.4. The summed E-state index contributed by atoms with van der Waals surface area (Å²) in [6.07, 6.45) is 5.12. The van der Waals surface area contributed by atoms with Crippen molar-refractivity contribution < 1.29 is 22.1 Å². The normalized spacial score (nSPS) is 12.9. The van der Waals surface area contributed by atoms with Gasteiger partial charge in [0.05, 0.1) is 27.1 Å². The van der Waals surface area contributed by atoms with Crippen LogP contribution >= 0.6 is 0 Å². The summed E-state index contributed by atoms with van der Waals surface area (Å²) in [7, 11) is -0.296. The molecular weight excluding hydrogens is 304 g/mol. The highest BCUT2D eigenvalue weighted by Gasteiger charge is 2.21. The van der Waals surface area contributed by atoms with Gasteiger partial charge in [-0.05, 0) is 12.5 Å². The molecule has 0 N–H and O–H groups in total. The predicted octanol–water partition coefficient (Wildman–Crippen LogP) is 3.34. The molecule has 1 unspecified atom stereocenters. The van der Waals surface area contributed by atoms with E-state index in [2.05, 4.69) is 6.92 Å². The highest BCUT2D eigenvalue weighted by atomic mass is 32.2. The number of hydrogen-bond donors (Lipinski definition) is 0. The second-order valence-electron chi connectivity index (χ2n) is 5.26. The largest absolute Gasteiger partial charge is 0.493 e. The smallest absolute Gasteiger partial charge is 0.264 e. The van der Waals surface area contributed by atoms with Gasteiger partial charge in [-0.3, -0.25) is 4.18 Å². The molecule has 1 aromatic carbocycles. The van der Waals surface area contributed by atoms with E-state index in [1.54, 1.807) is 14.2 Å². The fourth-order valence-electron chi connectivity index (χ4n) is 2.41. The Hall–Kier alpha value is -1.27. The van der Waals surface area contributed by atoms with Gasteiger partial charge < -0.3 is 9.47 Å². The maximum Gasteiger partial charge on any atom is 0.264 e. The van der Waals surface area contributed by atoms with E-state index in [1.807, 2.05) is 18.2 Å². The van der Waals surface area contributed by atoms with E-state index in [9.17, 15) is 8.42 Å². The Morgan fingerprint density at radius 1 is 1.14 bits per heavy atom. The summed E-state index contributed by atoms with van der Waals surface area (Å²) in [4.78, 5) is 0. The zero-order valence-corrected chi connectivity index (χ0v) is 14.6. The van der Waals surface area contributed by atoms with Crippen molar-refractivity contribution in [3.05, 3.63) is 23.8 Å². The molecule has 0 radical (unpaired) electrons. The number of benzene rings is 1. The average molecular weight is 330 g/mol. The molecule has 5 nitrogen and oxygen atoms in total. The Morgan fingerprint density at radius 3 is 2.41 bits per heavy atom.